The maximum absolute atomic E-state index is 13.5. The first-order valence-corrected chi connectivity index (χ1v) is 7.07. The third-order valence-corrected chi connectivity index (χ3v) is 3.21. The summed E-state index contributed by atoms with van der Waals surface area (Å²) in [4.78, 5) is 0. The third-order valence-electron chi connectivity index (χ3n) is 3.21. The lowest BCUT2D eigenvalue weighted by Crippen LogP contribution is -2.83. The first-order valence-electron chi connectivity index (χ1n) is 7.07. The van der Waals surface area contributed by atoms with Gasteiger partial charge in [0.05, 0.1) is 13.2 Å². The smallest absolute Gasteiger partial charge is 0.128 e. The van der Waals surface area contributed by atoms with Crippen LogP contribution in [0.1, 0.15) is 18.1 Å². The Morgan fingerprint density at radius 2 is 1.70 bits per heavy atom. The number of benzene rings is 2. The monoisotopic (exact) mass is 274 g/mol. The van der Waals surface area contributed by atoms with Gasteiger partial charge in [-0.2, -0.15) is 0 Å². The molecule has 0 aliphatic rings. The number of para-hydroxylation sites is 1. The fourth-order valence-electron chi connectivity index (χ4n) is 2.19. The first-order chi connectivity index (χ1) is 9.81. The number of nitrogens with two attached hydrogens (primary N) is 1. The molecule has 0 aromatic heterocycles. The summed E-state index contributed by atoms with van der Waals surface area (Å²) in [5.41, 5.74) is 1.96. The molecular formula is C17H21FNO+. The van der Waals surface area contributed by atoms with E-state index in [1.807, 2.05) is 37.3 Å². The van der Waals surface area contributed by atoms with E-state index in [2.05, 4.69) is 11.4 Å². The van der Waals surface area contributed by atoms with Gasteiger partial charge in [-0.15, -0.1) is 0 Å². The second-order valence-corrected chi connectivity index (χ2v) is 4.66. The van der Waals surface area contributed by atoms with Crippen LogP contribution in [0, 0.1) is 5.82 Å². The summed E-state index contributed by atoms with van der Waals surface area (Å²) in [5.74, 6) is 0.827. The van der Waals surface area contributed by atoms with Crippen molar-refractivity contribution in [3.8, 4) is 5.75 Å². The van der Waals surface area contributed by atoms with Crippen molar-refractivity contribution in [3.05, 3.63) is 65.5 Å². The van der Waals surface area contributed by atoms with Crippen LogP contribution >= 0.6 is 0 Å². The molecule has 0 aliphatic heterocycles. The van der Waals surface area contributed by atoms with Crippen LogP contribution in [0.25, 0.3) is 0 Å². The Balaban J connectivity index is 1.83. The topological polar surface area (TPSA) is 25.8 Å². The minimum atomic E-state index is -0.115. The van der Waals surface area contributed by atoms with Crippen LogP contribution in [0.5, 0.6) is 5.75 Å². The van der Waals surface area contributed by atoms with Crippen molar-refractivity contribution in [1.29, 1.82) is 0 Å². The normalized spacial score (nSPS) is 10.5. The predicted octanol–water partition coefficient (Wildman–Crippen LogP) is 2.53. The van der Waals surface area contributed by atoms with Gasteiger partial charge in [0.15, 0.2) is 0 Å². The largest absolute Gasteiger partial charge is 0.493 e. The molecule has 0 atom stereocenters. The molecule has 2 rings (SSSR count). The zero-order chi connectivity index (χ0) is 14.2. The van der Waals surface area contributed by atoms with Gasteiger partial charge in [0, 0.05) is 12.0 Å². The van der Waals surface area contributed by atoms with E-state index in [0.29, 0.717) is 6.61 Å². The SMILES string of the molecule is CCOc1ccccc1C[NH2+]CCc1ccccc1F. The highest BCUT2D eigenvalue weighted by Gasteiger charge is 2.05. The lowest BCUT2D eigenvalue weighted by Gasteiger charge is -2.09. The molecule has 0 spiro atoms. The molecule has 2 aromatic carbocycles. The molecule has 3 heteroatoms. The Morgan fingerprint density at radius 3 is 2.45 bits per heavy atom. The Morgan fingerprint density at radius 1 is 1.00 bits per heavy atom. The van der Waals surface area contributed by atoms with E-state index < -0.39 is 0 Å². The maximum atomic E-state index is 13.5. The summed E-state index contributed by atoms with van der Waals surface area (Å²) >= 11 is 0. The summed E-state index contributed by atoms with van der Waals surface area (Å²) in [7, 11) is 0. The molecule has 0 saturated carbocycles. The molecule has 0 amide bonds. The molecule has 106 valence electrons. The average Bonchev–Trinajstić information content (AvgIpc) is 2.47. The van der Waals surface area contributed by atoms with E-state index in [-0.39, 0.29) is 5.82 Å². The van der Waals surface area contributed by atoms with Crippen molar-refractivity contribution in [3.63, 3.8) is 0 Å². The highest BCUT2D eigenvalue weighted by molar-refractivity contribution is 5.32. The number of halogens is 1. The lowest BCUT2D eigenvalue weighted by molar-refractivity contribution is -0.670. The van der Waals surface area contributed by atoms with Gasteiger partial charge < -0.3 is 10.1 Å². The Labute approximate surface area is 119 Å². The Bertz CT molecular complexity index is 542. The lowest BCUT2D eigenvalue weighted by atomic mass is 10.1. The molecule has 2 aromatic rings. The zero-order valence-corrected chi connectivity index (χ0v) is 11.8. The molecule has 0 unspecified atom stereocenters. The number of ether oxygens (including phenoxy) is 1. The molecule has 2 nitrogen and oxygen atoms in total. The van der Waals surface area contributed by atoms with Gasteiger partial charge in [-0.05, 0) is 30.7 Å². The molecule has 0 saturated heterocycles. The van der Waals surface area contributed by atoms with Gasteiger partial charge in [-0.25, -0.2) is 4.39 Å². The van der Waals surface area contributed by atoms with E-state index in [0.717, 1.165) is 30.8 Å². The van der Waals surface area contributed by atoms with Crippen LogP contribution in [0.3, 0.4) is 0 Å². The van der Waals surface area contributed by atoms with Crippen molar-refractivity contribution in [2.75, 3.05) is 13.2 Å². The van der Waals surface area contributed by atoms with Gasteiger partial charge in [-0.1, -0.05) is 30.3 Å². The molecule has 0 radical (unpaired) electrons. The molecule has 0 fully saturated rings. The summed E-state index contributed by atoms with van der Waals surface area (Å²) in [6.07, 6.45) is 0.740. The van der Waals surface area contributed by atoms with Crippen molar-refractivity contribution in [2.24, 2.45) is 0 Å². The highest BCUT2D eigenvalue weighted by Crippen LogP contribution is 2.16. The van der Waals surface area contributed by atoms with Crippen LogP contribution in [0.15, 0.2) is 48.5 Å². The molecule has 0 aliphatic carbocycles. The standard InChI is InChI=1S/C17H20FNO/c1-2-20-17-10-6-4-8-15(17)13-19-12-11-14-7-3-5-9-16(14)18/h3-10,19H,2,11-13H2,1H3/p+1. The number of hydrogen-bond donors (Lipinski definition) is 1. The van der Waals surface area contributed by atoms with Crippen LogP contribution in [-0.4, -0.2) is 13.2 Å². The maximum Gasteiger partial charge on any atom is 0.128 e. The van der Waals surface area contributed by atoms with Gasteiger partial charge in [0.25, 0.3) is 0 Å². The van der Waals surface area contributed by atoms with E-state index in [1.54, 1.807) is 6.07 Å². The molecule has 0 heterocycles. The molecule has 0 bridgehead atoms. The Kier molecular flexibility index (Phi) is 5.56. The highest BCUT2D eigenvalue weighted by atomic mass is 19.1. The molecular weight excluding hydrogens is 253 g/mol. The second-order valence-electron chi connectivity index (χ2n) is 4.66. The van der Waals surface area contributed by atoms with Gasteiger partial charge >= 0.3 is 0 Å². The van der Waals surface area contributed by atoms with Crippen molar-refractivity contribution in [1.82, 2.24) is 0 Å². The van der Waals surface area contributed by atoms with E-state index in [4.69, 9.17) is 4.74 Å². The van der Waals surface area contributed by atoms with E-state index >= 15 is 0 Å². The van der Waals surface area contributed by atoms with Crippen LogP contribution < -0.4 is 10.1 Å². The van der Waals surface area contributed by atoms with Crippen molar-refractivity contribution in [2.45, 2.75) is 19.9 Å². The van der Waals surface area contributed by atoms with Crippen molar-refractivity contribution < 1.29 is 14.4 Å². The van der Waals surface area contributed by atoms with Crippen LogP contribution in [0.2, 0.25) is 0 Å². The molecule has 20 heavy (non-hydrogen) atoms. The Hall–Kier alpha value is -1.87. The fraction of sp³-hybridized carbons (Fsp3) is 0.294. The van der Waals surface area contributed by atoms with Gasteiger partial charge in [-0.3, -0.25) is 0 Å². The predicted molar refractivity (Wildman–Crippen MR) is 78.2 cm³/mol. The van der Waals surface area contributed by atoms with E-state index in [1.165, 1.54) is 11.6 Å². The summed E-state index contributed by atoms with van der Waals surface area (Å²) in [6.45, 7) is 4.37. The fourth-order valence-corrected chi connectivity index (χ4v) is 2.19. The minimum absolute atomic E-state index is 0.115. The first kappa shape index (κ1) is 14.5. The van der Waals surface area contributed by atoms with Crippen LogP contribution in [0.4, 0.5) is 4.39 Å². The summed E-state index contributed by atoms with van der Waals surface area (Å²) in [6, 6.07) is 15.0. The number of hydrogen-bond acceptors (Lipinski definition) is 1. The molecule has 2 N–H and O–H groups in total. The van der Waals surface area contributed by atoms with E-state index in [9.17, 15) is 4.39 Å². The van der Waals surface area contributed by atoms with Gasteiger partial charge in [0.1, 0.15) is 18.1 Å². The summed E-state index contributed by atoms with van der Waals surface area (Å²) in [5, 5.41) is 2.18. The van der Waals surface area contributed by atoms with Crippen LogP contribution in [-0.2, 0) is 13.0 Å². The quantitative estimate of drug-likeness (QED) is 0.771. The van der Waals surface area contributed by atoms with Gasteiger partial charge in [0.2, 0.25) is 0 Å². The minimum Gasteiger partial charge on any atom is -0.493 e. The second kappa shape index (κ2) is 7.65. The third kappa shape index (κ3) is 4.07. The zero-order valence-electron chi connectivity index (χ0n) is 11.8. The number of quaternary nitrogens is 1. The van der Waals surface area contributed by atoms with Crippen molar-refractivity contribution >= 4 is 0 Å². The average molecular weight is 274 g/mol. The number of rotatable bonds is 7. The summed E-state index contributed by atoms with van der Waals surface area (Å²) < 4.78 is 19.1.